The number of rotatable bonds is 3. The van der Waals surface area contributed by atoms with Crippen molar-refractivity contribution in [1.82, 2.24) is 0 Å². The molecule has 0 spiro atoms. The molecule has 17 heavy (non-hydrogen) atoms. The van der Waals surface area contributed by atoms with Gasteiger partial charge in [0.25, 0.3) is 0 Å². The first-order valence-corrected chi connectivity index (χ1v) is 6.05. The number of aliphatic hydroxyl groups excluding tert-OH is 1. The standard InChI is InChI=1S/C14H20O3/c1-9(15)10(2)16-12-7-5-6-11-8-14(3,4)17-13(11)12/h5-7,9-10,15H,8H2,1-4H3. The molecule has 0 bridgehead atoms. The summed E-state index contributed by atoms with van der Waals surface area (Å²) in [5.41, 5.74) is 1.00. The van der Waals surface area contributed by atoms with Gasteiger partial charge in [0.15, 0.2) is 11.5 Å². The van der Waals surface area contributed by atoms with Gasteiger partial charge in [-0.2, -0.15) is 0 Å². The third-order valence-corrected chi connectivity index (χ3v) is 3.05. The molecular weight excluding hydrogens is 216 g/mol. The van der Waals surface area contributed by atoms with Crippen molar-refractivity contribution in [3.8, 4) is 11.5 Å². The molecule has 2 atom stereocenters. The third-order valence-electron chi connectivity index (χ3n) is 3.05. The van der Waals surface area contributed by atoms with E-state index in [-0.39, 0.29) is 11.7 Å². The van der Waals surface area contributed by atoms with Crippen LogP contribution in [0.5, 0.6) is 11.5 Å². The van der Waals surface area contributed by atoms with Gasteiger partial charge in [0.05, 0.1) is 6.10 Å². The van der Waals surface area contributed by atoms with Crippen LogP contribution in [0.3, 0.4) is 0 Å². The fraction of sp³-hybridized carbons (Fsp3) is 0.571. The lowest BCUT2D eigenvalue weighted by molar-refractivity contribution is 0.0551. The third kappa shape index (κ3) is 2.55. The van der Waals surface area contributed by atoms with Gasteiger partial charge in [0.2, 0.25) is 0 Å². The molecule has 2 rings (SSSR count). The average Bonchev–Trinajstić information content (AvgIpc) is 2.53. The Kier molecular flexibility index (Phi) is 3.04. The summed E-state index contributed by atoms with van der Waals surface area (Å²) in [7, 11) is 0. The average molecular weight is 236 g/mol. The summed E-state index contributed by atoms with van der Waals surface area (Å²) < 4.78 is 11.6. The van der Waals surface area contributed by atoms with Gasteiger partial charge in [-0.3, -0.25) is 0 Å². The number of benzene rings is 1. The van der Waals surface area contributed by atoms with Gasteiger partial charge in [-0.25, -0.2) is 0 Å². The van der Waals surface area contributed by atoms with Crippen LogP contribution >= 0.6 is 0 Å². The Morgan fingerprint density at radius 3 is 2.71 bits per heavy atom. The van der Waals surface area contributed by atoms with Crippen molar-refractivity contribution >= 4 is 0 Å². The minimum atomic E-state index is -0.500. The Hall–Kier alpha value is -1.22. The van der Waals surface area contributed by atoms with E-state index in [1.807, 2.05) is 19.1 Å². The number of fused-ring (bicyclic) bond motifs is 1. The molecule has 0 fully saturated rings. The highest BCUT2D eigenvalue weighted by Crippen LogP contribution is 2.42. The molecule has 94 valence electrons. The molecule has 0 aliphatic carbocycles. The SMILES string of the molecule is CC(O)C(C)Oc1cccc2c1OC(C)(C)C2. The van der Waals surface area contributed by atoms with E-state index in [9.17, 15) is 5.11 Å². The van der Waals surface area contributed by atoms with Crippen LogP contribution in [0.25, 0.3) is 0 Å². The van der Waals surface area contributed by atoms with Crippen LogP contribution in [0.2, 0.25) is 0 Å². The maximum atomic E-state index is 9.47. The minimum Gasteiger partial charge on any atom is -0.484 e. The molecule has 0 saturated carbocycles. The second-order valence-electron chi connectivity index (χ2n) is 5.35. The van der Waals surface area contributed by atoms with Gasteiger partial charge < -0.3 is 14.6 Å². The predicted molar refractivity (Wildman–Crippen MR) is 66.6 cm³/mol. The monoisotopic (exact) mass is 236 g/mol. The normalized spacial score (nSPS) is 20.3. The summed E-state index contributed by atoms with van der Waals surface area (Å²) in [6, 6.07) is 5.91. The van der Waals surface area contributed by atoms with E-state index < -0.39 is 6.10 Å². The zero-order valence-electron chi connectivity index (χ0n) is 10.9. The molecule has 2 unspecified atom stereocenters. The smallest absolute Gasteiger partial charge is 0.165 e. The van der Waals surface area contributed by atoms with Crippen molar-refractivity contribution in [3.05, 3.63) is 23.8 Å². The van der Waals surface area contributed by atoms with Crippen molar-refractivity contribution in [1.29, 1.82) is 0 Å². The Morgan fingerprint density at radius 2 is 2.06 bits per heavy atom. The molecule has 3 heteroatoms. The van der Waals surface area contributed by atoms with E-state index >= 15 is 0 Å². The lowest BCUT2D eigenvalue weighted by Gasteiger charge is -2.21. The molecular formula is C14H20O3. The number of hydrogen-bond donors (Lipinski definition) is 1. The molecule has 0 amide bonds. The second-order valence-corrected chi connectivity index (χ2v) is 5.35. The van der Waals surface area contributed by atoms with Crippen LogP contribution < -0.4 is 9.47 Å². The number of ether oxygens (including phenoxy) is 2. The fourth-order valence-electron chi connectivity index (χ4n) is 1.98. The van der Waals surface area contributed by atoms with Crippen LogP contribution in [-0.4, -0.2) is 22.9 Å². The summed E-state index contributed by atoms with van der Waals surface area (Å²) in [5, 5.41) is 9.47. The largest absolute Gasteiger partial charge is 0.484 e. The van der Waals surface area contributed by atoms with E-state index in [4.69, 9.17) is 9.47 Å². The first-order chi connectivity index (χ1) is 7.89. The molecule has 1 aliphatic heterocycles. The van der Waals surface area contributed by atoms with Crippen molar-refractivity contribution in [3.63, 3.8) is 0 Å². The molecule has 1 N–H and O–H groups in total. The van der Waals surface area contributed by atoms with Crippen molar-refractivity contribution in [2.75, 3.05) is 0 Å². The number of hydrogen-bond acceptors (Lipinski definition) is 3. The minimum absolute atomic E-state index is 0.171. The fourth-order valence-corrected chi connectivity index (χ4v) is 1.98. The zero-order chi connectivity index (χ0) is 12.6. The summed E-state index contributed by atoms with van der Waals surface area (Å²) in [6.45, 7) is 7.70. The molecule has 1 aromatic carbocycles. The molecule has 1 aromatic rings. The molecule has 1 aliphatic rings. The molecule has 3 nitrogen and oxygen atoms in total. The van der Waals surface area contributed by atoms with Crippen molar-refractivity contribution in [2.24, 2.45) is 0 Å². The number of para-hydroxylation sites is 1. The topological polar surface area (TPSA) is 38.7 Å². The highest BCUT2D eigenvalue weighted by atomic mass is 16.5. The highest BCUT2D eigenvalue weighted by molar-refractivity contribution is 5.50. The summed E-state index contributed by atoms with van der Waals surface area (Å²) in [5.74, 6) is 1.55. The van der Waals surface area contributed by atoms with E-state index in [0.717, 1.165) is 17.9 Å². The lowest BCUT2D eigenvalue weighted by atomic mass is 10.0. The Bertz CT molecular complexity index is 410. The van der Waals surface area contributed by atoms with Gasteiger partial charge >= 0.3 is 0 Å². The maximum absolute atomic E-state index is 9.47. The van der Waals surface area contributed by atoms with Crippen LogP contribution in [0.1, 0.15) is 33.3 Å². The first kappa shape index (κ1) is 12.2. The Balaban J connectivity index is 2.24. The summed E-state index contributed by atoms with van der Waals surface area (Å²) >= 11 is 0. The van der Waals surface area contributed by atoms with Gasteiger partial charge in [0, 0.05) is 12.0 Å². The van der Waals surface area contributed by atoms with Crippen LogP contribution in [0.15, 0.2) is 18.2 Å². The van der Waals surface area contributed by atoms with Gasteiger partial charge in [-0.15, -0.1) is 0 Å². The van der Waals surface area contributed by atoms with E-state index in [1.165, 1.54) is 5.56 Å². The molecule has 0 aromatic heterocycles. The highest BCUT2D eigenvalue weighted by Gasteiger charge is 2.32. The quantitative estimate of drug-likeness (QED) is 0.876. The van der Waals surface area contributed by atoms with Crippen molar-refractivity contribution in [2.45, 2.75) is 51.9 Å². The zero-order valence-corrected chi connectivity index (χ0v) is 10.9. The van der Waals surface area contributed by atoms with Crippen LogP contribution in [-0.2, 0) is 6.42 Å². The molecule has 0 radical (unpaired) electrons. The molecule has 1 heterocycles. The Morgan fingerprint density at radius 1 is 1.35 bits per heavy atom. The van der Waals surface area contributed by atoms with E-state index in [1.54, 1.807) is 6.92 Å². The van der Waals surface area contributed by atoms with Gasteiger partial charge in [-0.05, 0) is 33.8 Å². The van der Waals surface area contributed by atoms with E-state index in [2.05, 4.69) is 19.9 Å². The lowest BCUT2D eigenvalue weighted by Crippen LogP contribution is -2.26. The summed E-state index contributed by atoms with van der Waals surface area (Å²) in [6.07, 6.45) is 0.150. The number of aliphatic hydroxyl groups is 1. The van der Waals surface area contributed by atoms with Gasteiger partial charge in [-0.1, -0.05) is 12.1 Å². The van der Waals surface area contributed by atoms with Crippen LogP contribution in [0.4, 0.5) is 0 Å². The maximum Gasteiger partial charge on any atom is 0.165 e. The second kappa shape index (κ2) is 4.22. The van der Waals surface area contributed by atoms with Gasteiger partial charge in [0.1, 0.15) is 11.7 Å². The Labute approximate surface area is 102 Å². The predicted octanol–water partition coefficient (Wildman–Crippen LogP) is 2.55. The van der Waals surface area contributed by atoms with Crippen molar-refractivity contribution < 1.29 is 14.6 Å². The first-order valence-electron chi connectivity index (χ1n) is 6.05. The van der Waals surface area contributed by atoms with Crippen LogP contribution in [0, 0.1) is 0 Å². The van der Waals surface area contributed by atoms with E-state index in [0.29, 0.717) is 0 Å². The molecule has 0 saturated heterocycles. The summed E-state index contributed by atoms with van der Waals surface area (Å²) in [4.78, 5) is 0.